The van der Waals surface area contributed by atoms with Gasteiger partial charge in [-0.3, -0.25) is 37.3 Å². The van der Waals surface area contributed by atoms with Crippen LogP contribution in [0.3, 0.4) is 0 Å². The van der Waals surface area contributed by atoms with Gasteiger partial charge in [-0.25, -0.2) is 9.13 Å². The summed E-state index contributed by atoms with van der Waals surface area (Å²) in [7, 11) is -9.93. The molecule has 0 radical (unpaired) electrons. The van der Waals surface area contributed by atoms with E-state index in [0.29, 0.717) is 25.7 Å². The summed E-state index contributed by atoms with van der Waals surface area (Å²) < 4.78 is 68.9. The summed E-state index contributed by atoms with van der Waals surface area (Å²) in [6.45, 7) is 12.1. The van der Waals surface area contributed by atoms with Crippen LogP contribution in [0.5, 0.6) is 0 Å². The molecule has 0 fully saturated rings. The third kappa shape index (κ3) is 76.6. The van der Waals surface area contributed by atoms with Crippen LogP contribution in [0.4, 0.5) is 0 Å². The second kappa shape index (κ2) is 74.2. The van der Waals surface area contributed by atoms with Crippen molar-refractivity contribution in [1.29, 1.82) is 0 Å². The van der Waals surface area contributed by atoms with E-state index in [9.17, 15) is 43.2 Å². The summed E-state index contributed by atoms with van der Waals surface area (Å²) in [6.07, 6.45) is 63.6. The fraction of sp³-hybridized carbons (Fsp3) is 0.952. The van der Waals surface area contributed by atoms with E-state index in [1.54, 1.807) is 0 Å². The highest BCUT2D eigenvalue weighted by Gasteiger charge is 2.30. The summed E-state index contributed by atoms with van der Waals surface area (Å²) in [6, 6.07) is 0. The highest BCUT2D eigenvalue weighted by atomic mass is 31.2. The smallest absolute Gasteiger partial charge is 0.462 e. The fourth-order valence-electron chi connectivity index (χ4n) is 13.0. The number of rotatable bonds is 82. The second-order valence-corrected chi connectivity index (χ2v) is 34.3. The largest absolute Gasteiger partial charge is 0.472 e. The van der Waals surface area contributed by atoms with Gasteiger partial charge in [0, 0.05) is 25.7 Å². The third-order valence-corrected chi connectivity index (χ3v) is 21.9. The molecule has 0 aliphatic heterocycles. The number of hydrogen-bond donors (Lipinski definition) is 3. The average molecular weight is 1510 g/mol. The van der Waals surface area contributed by atoms with Gasteiger partial charge < -0.3 is 33.8 Å². The summed E-state index contributed by atoms with van der Waals surface area (Å²) in [5, 5.41) is 10.7. The van der Waals surface area contributed by atoms with E-state index in [2.05, 4.69) is 48.5 Å². The van der Waals surface area contributed by atoms with Crippen molar-refractivity contribution in [2.75, 3.05) is 39.6 Å². The number of ether oxygens (including phenoxy) is 4. The number of carbonyl (C=O) groups excluding carboxylic acids is 4. The van der Waals surface area contributed by atoms with Crippen molar-refractivity contribution in [2.24, 2.45) is 17.8 Å². The Kier molecular flexibility index (Phi) is 72.8. The van der Waals surface area contributed by atoms with Crippen molar-refractivity contribution in [3.8, 4) is 0 Å². The van der Waals surface area contributed by atoms with Gasteiger partial charge in [0.25, 0.3) is 0 Å². The third-order valence-electron chi connectivity index (χ3n) is 20.0. The predicted octanol–water partition coefficient (Wildman–Crippen LogP) is 25.3. The molecule has 0 aliphatic carbocycles. The number of aliphatic hydroxyl groups excluding tert-OH is 1. The molecule has 0 saturated carbocycles. The highest BCUT2D eigenvalue weighted by Crippen LogP contribution is 2.45. The van der Waals surface area contributed by atoms with E-state index in [1.807, 2.05) is 0 Å². The molecule has 103 heavy (non-hydrogen) atoms. The van der Waals surface area contributed by atoms with Gasteiger partial charge in [0.15, 0.2) is 12.2 Å². The molecule has 17 nitrogen and oxygen atoms in total. The first-order chi connectivity index (χ1) is 49.8. The van der Waals surface area contributed by atoms with Gasteiger partial charge in [0.05, 0.1) is 26.4 Å². The number of carbonyl (C=O) groups is 4. The zero-order valence-corrected chi connectivity index (χ0v) is 69.6. The minimum absolute atomic E-state index is 0.107. The maximum atomic E-state index is 13.1. The lowest BCUT2D eigenvalue weighted by Gasteiger charge is -2.21. The number of hydrogen-bond acceptors (Lipinski definition) is 15. The minimum Gasteiger partial charge on any atom is -0.462 e. The molecular formula is C84H164O17P2. The number of esters is 4. The Morgan fingerprint density at radius 3 is 0.738 bits per heavy atom. The quantitative estimate of drug-likeness (QED) is 0.0222. The maximum Gasteiger partial charge on any atom is 0.472 e. The molecule has 0 aliphatic rings. The second-order valence-electron chi connectivity index (χ2n) is 31.4. The lowest BCUT2D eigenvalue weighted by atomic mass is 9.99. The van der Waals surface area contributed by atoms with E-state index in [0.717, 1.165) is 108 Å². The lowest BCUT2D eigenvalue weighted by molar-refractivity contribution is -0.161. The van der Waals surface area contributed by atoms with Gasteiger partial charge in [0.2, 0.25) is 0 Å². The van der Waals surface area contributed by atoms with E-state index < -0.39 is 97.5 Å². The molecule has 0 heterocycles. The standard InChI is InChI=1S/C84H164O17P2/c1-8-10-11-12-13-14-15-20-30-37-44-51-58-65-81(86)94-71-80(101-84(89)68-61-54-47-40-33-26-25-28-35-42-49-56-63-76(5)6)74-99-103(92,93)97-70-78(85)69-96-102(90,91)98-73-79(72-95-82(87)66-59-52-45-38-31-23-18-16-21-27-34-41-48-55-62-75(3)4)100-83(88)67-60-53-46-39-32-24-19-17-22-29-36-43-50-57-64-77(7)9-2/h75-80,85H,8-74H2,1-7H3,(H,90,91)(H,92,93)/t77?,78-,79-,80-/m1/s1. The van der Waals surface area contributed by atoms with E-state index >= 15 is 0 Å². The zero-order chi connectivity index (χ0) is 75.8. The molecule has 19 heteroatoms. The summed E-state index contributed by atoms with van der Waals surface area (Å²) in [4.78, 5) is 73.2. The fourth-order valence-corrected chi connectivity index (χ4v) is 14.6. The summed E-state index contributed by atoms with van der Waals surface area (Å²) >= 11 is 0. The molecule has 0 aromatic heterocycles. The van der Waals surface area contributed by atoms with E-state index in [4.69, 9.17) is 37.0 Å². The zero-order valence-electron chi connectivity index (χ0n) is 67.8. The highest BCUT2D eigenvalue weighted by molar-refractivity contribution is 7.47. The molecular weight excluding hydrogens is 1340 g/mol. The number of phosphoric acid groups is 2. The van der Waals surface area contributed by atoms with Crippen molar-refractivity contribution in [2.45, 2.75) is 458 Å². The van der Waals surface area contributed by atoms with Crippen molar-refractivity contribution in [3.05, 3.63) is 0 Å². The van der Waals surface area contributed by atoms with E-state index in [-0.39, 0.29) is 25.7 Å². The Hall–Kier alpha value is -1.94. The van der Waals surface area contributed by atoms with Crippen LogP contribution in [-0.4, -0.2) is 96.7 Å². The van der Waals surface area contributed by atoms with Gasteiger partial charge >= 0.3 is 39.5 Å². The Labute approximate surface area is 632 Å². The molecule has 0 aromatic rings. The monoisotopic (exact) mass is 1510 g/mol. The van der Waals surface area contributed by atoms with Crippen LogP contribution in [0.2, 0.25) is 0 Å². The van der Waals surface area contributed by atoms with Gasteiger partial charge in [-0.2, -0.15) is 0 Å². The molecule has 0 aromatic carbocycles. The maximum absolute atomic E-state index is 13.1. The van der Waals surface area contributed by atoms with E-state index in [1.165, 1.54) is 250 Å². The first-order valence-electron chi connectivity index (χ1n) is 43.4. The van der Waals surface area contributed by atoms with Crippen LogP contribution in [0.25, 0.3) is 0 Å². The number of phosphoric ester groups is 2. The van der Waals surface area contributed by atoms with Crippen molar-refractivity contribution >= 4 is 39.5 Å². The molecule has 0 saturated heterocycles. The summed E-state index contributed by atoms with van der Waals surface area (Å²) in [5.74, 6) is 0.317. The molecule has 0 rings (SSSR count). The molecule has 3 unspecified atom stereocenters. The van der Waals surface area contributed by atoms with Crippen LogP contribution >= 0.6 is 15.6 Å². The van der Waals surface area contributed by atoms with Crippen molar-refractivity contribution < 1.29 is 80.2 Å². The molecule has 0 bridgehead atoms. The predicted molar refractivity (Wildman–Crippen MR) is 423 cm³/mol. The van der Waals surface area contributed by atoms with Crippen LogP contribution in [0, 0.1) is 17.8 Å². The SMILES string of the molecule is CCCCCCCCCCCCCCCC(=O)OC[C@H](COP(=O)(O)OC[C@H](O)COP(=O)(O)OC[C@@H](COC(=O)CCCCCCCCCCCCCCCCC(C)C)OC(=O)CCCCCCCCCCCCCCCCC(C)CC)OC(=O)CCCCCCCCCCCCCCC(C)C. The van der Waals surface area contributed by atoms with Gasteiger partial charge in [0.1, 0.15) is 19.3 Å². The van der Waals surface area contributed by atoms with Crippen LogP contribution in [0.15, 0.2) is 0 Å². The van der Waals surface area contributed by atoms with Crippen LogP contribution in [0.1, 0.15) is 440 Å². The Morgan fingerprint density at radius 1 is 0.282 bits per heavy atom. The first kappa shape index (κ1) is 101. The van der Waals surface area contributed by atoms with Gasteiger partial charge in [-0.15, -0.1) is 0 Å². The van der Waals surface area contributed by atoms with Crippen molar-refractivity contribution in [1.82, 2.24) is 0 Å². The molecule has 0 spiro atoms. The Bertz CT molecular complexity index is 1990. The lowest BCUT2D eigenvalue weighted by Crippen LogP contribution is -2.30. The number of unbranched alkanes of at least 4 members (excludes halogenated alkanes) is 49. The van der Waals surface area contributed by atoms with Gasteiger partial charge in [-0.1, -0.05) is 389 Å². The van der Waals surface area contributed by atoms with Crippen LogP contribution < -0.4 is 0 Å². The van der Waals surface area contributed by atoms with Crippen molar-refractivity contribution in [3.63, 3.8) is 0 Å². The Balaban J connectivity index is 5.28. The molecule has 0 amide bonds. The normalized spacial score (nSPS) is 14.2. The molecule has 3 N–H and O–H groups in total. The van der Waals surface area contributed by atoms with Crippen LogP contribution in [-0.2, 0) is 65.4 Å². The van der Waals surface area contributed by atoms with Gasteiger partial charge in [-0.05, 0) is 43.4 Å². The minimum atomic E-state index is -4.97. The topological polar surface area (TPSA) is 237 Å². The average Bonchev–Trinajstić information content (AvgIpc) is 1.15. The number of aliphatic hydroxyl groups is 1. The Morgan fingerprint density at radius 2 is 0.495 bits per heavy atom. The molecule has 612 valence electrons. The molecule has 6 atom stereocenters. The first-order valence-corrected chi connectivity index (χ1v) is 46.4. The summed E-state index contributed by atoms with van der Waals surface area (Å²) in [5.41, 5.74) is 0.